The Morgan fingerprint density at radius 2 is 0.602 bits per heavy atom. The number of fused-ring (bicyclic) bond motifs is 16. The minimum atomic E-state index is -1.53. The summed E-state index contributed by atoms with van der Waals surface area (Å²) in [5, 5.41) is 43.3. The fourth-order valence-corrected chi connectivity index (χ4v) is 13.8. The Kier molecular flexibility index (Phi) is 14.1. The van der Waals surface area contributed by atoms with Gasteiger partial charge in [0.15, 0.2) is 0 Å². The van der Waals surface area contributed by atoms with E-state index in [1.54, 1.807) is 0 Å². The van der Waals surface area contributed by atoms with Crippen LogP contribution in [-0.2, 0) is 0 Å². The third-order valence-corrected chi connectivity index (χ3v) is 17.7. The molecule has 4 nitrogen and oxygen atoms in total. The van der Waals surface area contributed by atoms with Crippen LogP contribution < -0.4 is 5.46 Å². The van der Waals surface area contributed by atoms with Gasteiger partial charge in [0.05, 0.1) is 0 Å². The average molecular weight is 1200 g/mol. The predicted octanol–water partition coefficient (Wildman–Crippen LogP) is 22.6. The number of rotatable bonds is 4. The first-order chi connectivity index (χ1) is 43.4. The highest BCUT2D eigenvalue weighted by Crippen LogP contribution is 2.47. The van der Waals surface area contributed by atoms with Crippen molar-refractivity contribution < 1.29 is 18.9 Å². The molecule has 0 saturated carbocycles. The molecule has 0 saturated heterocycles. The molecule has 0 aliphatic rings. The quantitative estimate of drug-likeness (QED) is 0.136. The van der Waals surface area contributed by atoms with Crippen LogP contribution in [0, 0.1) is 0 Å². The van der Waals surface area contributed by atoms with Gasteiger partial charge in [0.1, 0.15) is 22.3 Å². The second-order valence-corrected chi connectivity index (χ2v) is 22.9. The van der Waals surface area contributed by atoms with Gasteiger partial charge in [-0.15, -0.1) is 0 Å². The van der Waals surface area contributed by atoms with Gasteiger partial charge in [-0.2, -0.15) is 0 Å². The molecule has 0 spiro atoms. The van der Waals surface area contributed by atoms with Crippen molar-refractivity contribution in [1.29, 1.82) is 0 Å². The molecular weight excluding hydrogens is 1140 g/mol. The Hall–Kier alpha value is -10.3. The minimum Gasteiger partial charge on any atom is -0.455 e. The van der Waals surface area contributed by atoms with Crippen LogP contribution in [0.15, 0.2) is 304 Å². The van der Waals surface area contributed by atoms with Crippen molar-refractivity contribution in [3.8, 4) is 33.4 Å². The normalized spacial score (nSPS) is 11.5. The lowest BCUT2D eigenvalue weighted by molar-refractivity contribution is 0.426. The van der Waals surface area contributed by atoms with Crippen molar-refractivity contribution in [2.45, 2.75) is 13.8 Å². The van der Waals surface area contributed by atoms with E-state index in [-0.39, 0.29) is 0 Å². The van der Waals surface area contributed by atoms with Gasteiger partial charge in [0.2, 0.25) is 0 Å². The van der Waals surface area contributed by atoms with E-state index in [0.29, 0.717) is 5.46 Å². The van der Waals surface area contributed by atoms with E-state index in [9.17, 15) is 10.0 Å². The first-order valence-electron chi connectivity index (χ1n) is 30.0. The van der Waals surface area contributed by atoms with Crippen LogP contribution in [0.2, 0.25) is 0 Å². The van der Waals surface area contributed by atoms with Crippen LogP contribution in [0.3, 0.4) is 0 Å². The van der Waals surface area contributed by atoms with Crippen molar-refractivity contribution >= 4 is 159 Å². The first-order valence-corrected chi connectivity index (χ1v) is 30.8. The maximum absolute atomic E-state index is 10.1. The number of hydrogen-bond donors (Lipinski definition) is 2. The summed E-state index contributed by atoms with van der Waals surface area (Å²) in [6.07, 6.45) is 0. The van der Waals surface area contributed by atoms with E-state index in [4.69, 9.17) is 8.83 Å². The van der Waals surface area contributed by atoms with E-state index in [2.05, 4.69) is 240 Å². The topological polar surface area (TPSA) is 66.7 Å². The summed E-state index contributed by atoms with van der Waals surface area (Å²) >= 11 is 3.51. The lowest BCUT2D eigenvalue weighted by Gasteiger charge is -2.18. The van der Waals surface area contributed by atoms with Crippen LogP contribution in [0.1, 0.15) is 13.8 Å². The van der Waals surface area contributed by atoms with E-state index >= 15 is 0 Å². The molecule has 0 aliphatic heterocycles. The van der Waals surface area contributed by atoms with Gasteiger partial charge in [0.25, 0.3) is 0 Å². The summed E-state index contributed by atoms with van der Waals surface area (Å²) in [4.78, 5) is 0. The second-order valence-electron chi connectivity index (χ2n) is 22.0. The lowest BCUT2D eigenvalue weighted by atomic mass is 9.72. The Balaban J connectivity index is 0.000000119. The Morgan fingerprint density at radius 1 is 0.273 bits per heavy atom. The molecule has 6 heteroatoms. The highest BCUT2D eigenvalue weighted by molar-refractivity contribution is 9.10. The monoisotopic (exact) mass is 1190 g/mol. The Labute approximate surface area is 517 Å². The van der Waals surface area contributed by atoms with Gasteiger partial charge in [0, 0.05) is 36.8 Å². The third-order valence-electron chi connectivity index (χ3n) is 17.3. The lowest BCUT2D eigenvalue weighted by Crippen LogP contribution is -2.31. The molecule has 88 heavy (non-hydrogen) atoms. The van der Waals surface area contributed by atoms with Gasteiger partial charge in [-0.3, -0.25) is 0 Å². The van der Waals surface area contributed by atoms with Crippen molar-refractivity contribution in [2.24, 2.45) is 0 Å². The fourth-order valence-electron chi connectivity index (χ4n) is 13.5. The zero-order valence-corrected chi connectivity index (χ0v) is 50.0. The van der Waals surface area contributed by atoms with Crippen molar-refractivity contribution in [1.82, 2.24) is 0 Å². The summed E-state index contributed by atoms with van der Waals surface area (Å²) in [6, 6.07) is 102. The Morgan fingerprint density at radius 3 is 1.03 bits per heavy atom. The largest absolute Gasteiger partial charge is 0.489 e. The molecule has 2 aromatic heterocycles. The van der Waals surface area contributed by atoms with Crippen molar-refractivity contribution in [2.75, 3.05) is 0 Å². The molecule has 0 fully saturated rings. The molecule has 2 heterocycles. The summed E-state index contributed by atoms with van der Waals surface area (Å²) < 4.78 is 13.5. The van der Waals surface area contributed by atoms with Crippen LogP contribution in [0.5, 0.6) is 0 Å². The van der Waals surface area contributed by atoms with E-state index in [1.807, 2.05) is 80.6 Å². The summed E-state index contributed by atoms with van der Waals surface area (Å²) in [5.41, 5.74) is 11.6. The number of furan rings is 2. The zero-order chi connectivity index (χ0) is 59.4. The predicted molar refractivity (Wildman–Crippen MR) is 379 cm³/mol. The molecule has 0 bridgehead atoms. The molecule has 2 N–H and O–H groups in total. The van der Waals surface area contributed by atoms with Gasteiger partial charge in [-0.25, -0.2) is 0 Å². The molecule has 418 valence electrons. The standard InChI is InChI=1S/C40H24O.C24H17BO2.C16H9BrO.C2H6/c1-3-13-28-25(10-1)12-9-19-30(28)39-33-17-7-5-15-31(33)38(32-16-6-8-18-34(32)39)27-21-23-37-36(24-27)35-22-20-26-11-2-4-14-29(26)40(35)41-37;26-25(27)24-21-13-5-3-11-19(21)23(20-12-4-6-14-22(20)24)18-15-7-9-16-8-1-2-10-17(16)18;17-11-6-8-15-14(9-11)13-7-5-10-3-1-2-4-12(10)16(13)18-15;1-2/h1-24H;1-15,26-27H;1-9H;1-2H3. The van der Waals surface area contributed by atoms with Crippen molar-refractivity contribution in [3.05, 3.63) is 296 Å². The fraction of sp³-hybridized carbons (Fsp3) is 0.0244. The first kappa shape index (κ1) is 54.3. The highest BCUT2D eigenvalue weighted by atomic mass is 79.9. The molecule has 0 amide bonds. The minimum absolute atomic E-state index is 0.560. The van der Waals surface area contributed by atoms with Crippen LogP contribution in [-0.4, -0.2) is 17.2 Å². The summed E-state index contributed by atoms with van der Waals surface area (Å²) in [6.45, 7) is 4.00. The number of hydrogen-bond acceptors (Lipinski definition) is 4. The molecule has 0 unspecified atom stereocenters. The van der Waals surface area contributed by atoms with Gasteiger partial charge < -0.3 is 18.9 Å². The molecule has 16 aromatic carbocycles. The smallest absolute Gasteiger partial charge is 0.455 e. The molecule has 0 atom stereocenters. The highest BCUT2D eigenvalue weighted by Gasteiger charge is 2.24. The molecule has 18 aromatic rings. The number of halogens is 1. The van der Waals surface area contributed by atoms with Crippen molar-refractivity contribution in [3.63, 3.8) is 0 Å². The van der Waals surface area contributed by atoms with Crippen LogP contribution in [0.4, 0.5) is 0 Å². The van der Waals surface area contributed by atoms with E-state index < -0.39 is 7.12 Å². The van der Waals surface area contributed by atoms with Crippen LogP contribution >= 0.6 is 15.9 Å². The average Bonchev–Trinajstić information content (AvgIpc) is 1.22. The summed E-state index contributed by atoms with van der Waals surface area (Å²) in [5.74, 6) is 0. The molecule has 0 aliphatic carbocycles. The van der Waals surface area contributed by atoms with E-state index in [0.717, 1.165) is 81.0 Å². The molecule has 18 rings (SSSR count). The Bertz CT molecular complexity index is 5620. The van der Waals surface area contributed by atoms with Crippen LogP contribution in [0.25, 0.3) is 163 Å². The SMILES string of the molecule is Brc1ccc2oc3c4ccccc4ccc3c2c1.CC.OB(O)c1c2ccccc2c(-c2cccc3ccccc23)c2ccccc12.c1ccc2c(-c3c4ccccc4c(-c4ccc5oc6c7ccccc7ccc6c5c4)c4ccccc34)cccc2c1. The third kappa shape index (κ3) is 9.24. The maximum atomic E-state index is 10.1. The maximum Gasteiger partial charge on any atom is 0.489 e. The second kappa shape index (κ2) is 22.8. The zero-order valence-electron chi connectivity index (χ0n) is 48.4. The van der Waals surface area contributed by atoms with Gasteiger partial charge in [-0.1, -0.05) is 278 Å². The number of benzene rings is 16. The summed E-state index contributed by atoms with van der Waals surface area (Å²) in [7, 11) is -1.53. The molecule has 0 radical (unpaired) electrons. The van der Waals surface area contributed by atoms with Gasteiger partial charge in [-0.05, 0) is 157 Å². The van der Waals surface area contributed by atoms with Gasteiger partial charge >= 0.3 is 7.12 Å². The molecular formula is C82H56BBrO4. The van der Waals surface area contributed by atoms with E-state index in [1.165, 1.54) is 86.9 Å².